The molecule has 3 aromatic carbocycles. The highest BCUT2D eigenvalue weighted by Gasteiger charge is 2.30. The second-order valence-electron chi connectivity index (χ2n) is 11.8. The van der Waals surface area contributed by atoms with E-state index in [-0.39, 0.29) is 49.2 Å². The Bertz CT molecular complexity index is 1630. The topological polar surface area (TPSA) is 104 Å². The van der Waals surface area contributed by atoms with E-state index in [9.17, 15) is 27.9 Å². The highest BCUT2D eigenvalue weighted by Crippen LogP contribution is 2.29. The number of aliphatic hydroxyl groups excluding tert-OH is 1. The van der Waals surface area contributed by atoms with Crippen molar-refractivity contribution < 1.29 is 32.6 Å². The molecule has 49 heavy (non-hydrogen) atoms. The lowest BCUT2D eigenvalue weighted by Gasteiger charge is -2.25. The number of ether oxygens (including phenoxy) is 1. The second-order valence-corrected chi connectivity index (χ2v) is 11.8. The van der Waals surface area contributed by atoms with Crippen molar-refractivity contribution >= 4 is 11.8 Å². The Hall–Kier alpha value is -4.74. The first kappa shape index (κ1) is 37.1. The standard InChI is InChI=1S/C38H43F3N4O4/c1-3-18-45(19-4-2)37(48)30-22-33(43-35(23-30)49-26-28-14-9-6-10-15-28)36(47)44-32(21-27-12-7-5-8-13-27)34(46)25-42-24-29-16-11-17-31(20-29)38(39,40)41/h5-17,20,22-23,32,34,42,46H,3-4,18-19,21,24-26H2,1-2H3,(H,44,47)/t32-,34+/m0/s1. The van der Waals surface area contributed by atoms with Gasteiger partial charge in [0.1, 0.15) is 12.3 Å². The number of amides is 2. The summed E-state index contributed by atoms with van der Waals surface area (Å²) in [6.07, 6.45) is -3.80. The van der Waals surface area contributed by atoms with Crippen LogP contribution in [0.2, 0.25) is 0 Å². The Labute approximate surface area is 285 Å². The molecule has 8 nitrogen and oxygen atoms in total. The van der Waals surface area contributed by atoms with Crippen LogP contribution in [0.15, 0.2) is 97.1 Å². The molecule has 2 atom stereocenters. The molecule has 0 aliphatic carbocycles. The predicted molar refractivity (Wildman–Crippen MR) is 182 cm³/mol. The van der Waals surface area contributed by atoms with E-state index in [1.807, 2.05) is 74.5 Å². The molecule has 4 rings (SSSR count). The molecule has 1 aromatic heterocycles. The molecular weight excluding hydrogens is 633 g/mol. The molecule has 1 heterocycles. The van der Waals surface area contributed by atoms with Crippen LogP contribution < -0.4 is 15.4 Å². The molecule has 0 saturated carbocycles. The quantitative estimate of drug-likeness (QED) is 0.119. The summed E-state index contributed by atoms with van der Waals surface area (Å²) in [6.45, 7) is 5.31. The van der Waals surface area contributed by atoms with Crippen molar-refractivity contribution in [1.29, 1.82) is 0 Å². The van der Waals surface area contributed by atoms with Crippen molar-refractivity contribution in [1.82, 2.24) is 20.5 Å². The Morgan fingerprint density at radius 3 is 2.12 bits per heavy atom. The fourth-order valence-corrected chi connectivity index (χ4v) is 5.35. The average molecular weight is 677 g/mol. The number of pyridine rings is 1. The summed E-state index contributed by atoms with van der Waals surface area (Å²) in [5.41, 5.74) is 1.59. The Kier molecular flexibility index (Phi) is 13.7. The molecule has 2 amide bonds. The lowest BCUT2D eigenvalue weighted by Crippen LogP contribution is -2.48. The zero-order chi connectivity index (χ0) is 35.2. The molecule has 0 aliphatic rings. The first-order valence-corrected chi connectivity index (χ1v) is 16.4. The Morgan fingerprint density at radius 1 is 0.857 bits per heavy atom. The minimum atomic E-state index is -4.47. The van der Waals surface area contributed by atoms with Crippen LogP contribution in [0.1, 0.15) is 69.8 Å². The second kappa shape index (κ2) is 18.1. The number of hydrogen-bond acceptors (Lipinski definition) is 6. The van der Waals surface area contributed by atoms with Gasteiger partial charge in [-0.05, 0) is 48.1 Å². The number of carbonyl (C=O) groups excluding carboxylic acids is 2. The van der Waals surface area contributed by atoms with Crippen LogP contribution in [0.4, 0.5) is 13.2 Å². The summed E-state index contributed by atoms with van der Waals surface area (Å²) < 4.78 is 45.5. The van der Waals surface area contributed by atoms with Gasteiger partial charge >= 0.3 is 6.18 Å². The minimum absolute atomic E-state index is 0.0194. The zero-order valence-electron chi connectivity index (χ0n) is 27.7. The van der Waals surface area contributed by atoms with Crippen LogP contribution in [-0.4, -0.2) is 58.6 Å². The number of rotatable bonds is 17. The van der Waals surface area contributed by atoms with Gasteiger partial charge in [-0.2, -0.15) is 13.2 Å². The van der Waals surface area contributed by atoms with Gasteiger partial charge < -0.3 is 25.4 Å². The van der Waals surface area contributed by atoms with Gasteiger partial charge in [0.05, 0.1) is 17.7 Å². The molecular formula is C38H43F3N4O4. The maximum Gasteiger partial charge on any atom is 0.416 e. The van der Waals surface area contributed by atoms with Crippen molar-refractivity contribution in [2.75, 3.05) is 19.6 Å². The smallest absolute Gasteiger partial charge is 0.416 e. The number of hydrogen-bond donors (Lipinski definition) is 3. The zero-order valence-corrected chi connectivity index (χ0v) is 27.7. The van der Waals surface area contributed by atoms with E-state index < -0.39 is 29.8 Å². The highest BCUT2D eigenvalue weighted by atomic mass is 19.4. The summed E-state index contributed by atoms with van der Waals surface area (Å²) >= 11 is 0. The summed E-state index contributed by atoms with van der Waals surface area (Å²) in [4.78, 5) is 33.6. The molecule has 0 unspecified atom stereocenters. The average Bonchev–Trinajstić information content (AvgIpc) is 3.10. The van der Waals surface area contributed by atoms with E-state index in [4.69, 9.17) is 4.74 Å². The van der Waals surface area contributed by atoms with Crippen LogP contribution in [0, 0.1) is 0 Å². The number of aliphatic hydroxyl groups is 1. The maximum atomic E-state index is 13.8. The summed E-state index contributed by atoms with van der Waals surface area (Å²) in [5.74, 6) is -0.755. The Balaban J connectivity index is 1.56. The number of nitrogens with one attached hydrogen (secondary N) is 2. The highest BCUT2D eigenvalue weighted by molar-refractivity contribution is 5.99. The van der Waals surface area contributed by atoms with E-state index >= 15 is 0 Å². The van der Waals surface area contributed by atoms with Crippen LogP contribution in [0.25, 0.3) is 0 Å². The molecule has 4 aromatic rings. The fourth-order valence-electron chi connectivity index (χ4n) is 5.35. The van der Waals surface area contributed by atoms with Crippen molar-refractivity contribution in [2.45, 2.75) is 64.6 Å². The number of alkyl halides is 3. The molecule has 11 heteroatoms. The normalized spacial score (nSPS) is 12.6. The molecule has 0 saturated heterocycles. The number of benzene rings is 3. The lowest BCUT2D eigenvalue weighted by molar-refractivity contribution is -0.137. The van der Waals surface area contributed by atoms with E-state index in [0.29, 0.717) is 18.7 Å². The Morgan fingerprint density at radius 2 is 1.49 bits per heavy atom. The fraction of sp³-hybridized carbons (Fsp3) is 0.342. The van der Waals surface area contributed by atoms with Crippen LogP contribution >= 0.6 is 0 Å². The number of aromatic nitrogens is 1. The number of nitrogens with zero attached hydrogens (tertiary/aromatic N) is 2. The summed E-state index contributed by atoms with van der Waals surface area (Å²) in [7, 11) is 0. The molecule has 0 aliphatic heterocycles. The van der Waals surface area contributed by atoms with Gasteiger partial charge in [0.2, 0.25) is 5.88 Å². The van der Waals surface area contributed by atoms with Gasteiger partial charge in [-0.15, -0.1) is 0 Å². The van der Waals surface area contributed by atoms with Crippen molar-refractivity contribution in [2.24, 2.45) is 0 Å². The van der Waals surface area contributed by atoms with E-state index in [1.54, 1.807) is 11.0 Å². The number of carbonyl (C=O) groups is 2. The van der Waals surface area contributed by atoms with E-state index in [1.165, 1.54) is 18.2 Å². The van der Waals surface area contributed by atoms with Gasteiger partial charge in [-0.1, -0.05) is 92.7 Å². The van der Waals surface area contributed by atoms with Gasteiger partial charge in [-0.25, -0.2) is 4.98 Å². The number of halogens is 3. The monoisotopic (exact) mass is 676 g/mol. The summed E-state index contributed by atoms with van der Waals surface area (Å²) in [5, 5.41) is 17.2. The maximum absolute atomic E-state index is 13.8. The first-order valence-electron chi connectivity index (χ1n) is 16.4. The van der Waals surface area contributed by atoms with Gasteiger partial charge in [0.15, 0.2) is 0 Å². The molecule has 0 radical (unpaired) electrons. The van der Waals surface area contributed by atoms with E-state index in [2.05, 4.69) is 15.6 Å². The van der Waals surface area contributed by atoms with Gasteiger partial charge in [-0.3, -0.25) is 9.59 Å². The molecule has 0 spiro atoms. The minimum Gasteiger partial charge on any atom is -0.473 e. The SMILES string of the molecule is CCCN(CCC)C(=O)c1cc(OCc2ccccc2)nc(C(=O)N[C@@H](Cc2ccccc2)[C@H](O)CNCc2cccc(C(F)(F)F)c2)c1. The molecule has 0 fully saturated rings. The lowest BCUT2D eigenvalue weighted by atomic mass is 10.0. The molecule has 3 N–H and O–H groups in total. The van der Waals surface area contributed by atoms with Crippen LogP contribution in [-0.2, 0) is 25.7 Å². The third-order valence-electron chi connectivity index (χ3n) is 7.80. The molecule has 0 bridgehead atoms. The van der Waals surface area contributed by atoms with Crippen LogP contribution in [0.3, 0.4) is 0 Å². The van der Waals surface area contributed by atoms with Crippen LogP contribution in [0.5, 0.6) is 5.88 Å². The predicted octanol–water partition coefficient (Wildman–Crippen LogP) is 6.43. The molecule has 260 valence electrons. The first-order chi connectivity index (χ1) is 23.6. The van der Waals surface area contributed by atoms with Gasteiger partial charge in [0.25, 0.3) is 11.8 Å². The van der Waals surface area contributed by atoms with Crippen molar-refractivity contribution in [3.8, 4) is 5.88 Å². The third-order valence-corrected chi connectivity index (χ3v) is 7.80. The third kappa shape index (κ3) is 11.4. The van der Waals surface area contributed by atoms with E-state index in [0.717, 1.165) is 36.1 Å². The van der Waals surface area contributed by atoms with Crippen molar-refractivity contribution in [3.05, 3.63) is 131 Å². The largest absolute Gasteiger partial charge is 0.473 e. The van der Waals surface area contributed by atoms with Gasteiger partial charge in [0, 0.05) is 37.8 Å². The summed E-state index contributed by atoms with van der Waals surface area (Å²) in [6, 6.07) is 25.8. The van der Waals surface area contributed by atoms with Crippen molar-refractivity contribution in [3.63, 3.8) is 0 Å².